The highest BCUT2D eigenvalue weighted by atomic mass is 127. The van der Waals surface area contributed by atoms with Crippen LogP contribution in [0, 0.1) is 17.3 Å². The topological polar surface area (TPSA) is 9.23 Å². The van der Waals surface area contributed by atoms with Crippen LogP contribution in [-0.2, 0) is 4.74 Å². The second kappa shape index (κ2) is 10.5. The van der Waals surface area contributed by atoms with Crippen LogP contribution in [0.2, 0.25) is 0 Å². The largest absolute Gasteiger partial charge is 1.00 e. The quantitative estimate of drug-likeness (QED) is 0.176. The lowest BCUT2D eigenvalue weighted by Gasteiger charge is -2.35. The van der Waals surface area contributed by atoms with Crippen LogP contribution in [0.3, 0.4) is 0 Å². The van der Waals surface area contributed by atoms with Gasteiger partial charge in [-0.05, 0) is 39.5 Å². The van der Waals surface area contributed by atoms with Crippen molar-refractivity contribution in [3.05, 3.63) is 0 Å². The van der Waals surface area contributed by atoms with Crippen molar-refractivity contribution in [1.82, 2.24) is 0 Å². The van der Waals surface area contributed by atoms with Gasteiger partial charge in [-0.1, -0.05) is 27.2 Å². The molecule has 1 saturated carbocycles. The zero-order valence-corrected chi connectivity index (χ0v) is 20.2. The summed E-state index contributed by atoms with van der Waals surface area (Å²) in [5.41, 5.74) is 0.0774. The summed E-state index contributed by atoms with van der Waals surface area (Å²) in [7, 11) is 0. The van der Waals surface area contributed by atoms with Crippen LogP contribution < -0.4 is 24.0 Å². The number of halogens is 3. The first kappa shape index (κ1) is 25.2. The molecule has 0 heterocycles. The summed E-state index contributed by atoms with van der Waals surface area (Å²) in [6.45, 7) is 20.0. The number of alkyl halides is 2. The minimum atomic E-state index is -0.509. The molecule has 24 heavy (non-hydrogen) atoms. The van der Waals surface area contributed by atoms with E-state index in [1.165, 1.54) is 30.5 Å². The molecule has 1 rings (SSSR count). The maximum absolute atomic E-state index is 6.35. The van der Waals surface area contributed by atoms with E-state index in [-0.39, 0.29) is 29.4 Å². The van der Waals surface area contributed by atoms with Gasteiger partial charge in [-0.3, -0.25) is 0 Å². The highest BCUT2D eigenvalue weighted by Crippen LogP contribution is 2.70. The first-order valence-electron chi connectivity index (χ1n) is 9.47. The fraction of sp³-hybridized carbons (Fsp3) is 1.00. The van der Waals surface area contributed by atoms with Crippen molar-refractivity contribution in [1.29, 1.82) is 0 Å². The van der Waals surface area contributed by atoms with E-state index in [1.807, 2.05) is 0 Å². The lowest BCUT2D eigenvalue weighted by atomic mass is 9.98. The molecule has 0 amide bonds. The van der Waals surface area contributed by atoms with Crippen LogP contribution >= 0.6 is 23.2 Å². The van der Waals surface area contributed by atoms with E-state index in [2.05, 4.69) is 41.5 Å². The second-order valence-corrected chi connectivity index (χ2v) is 9.38. The minimum absolute atomic E-state index is 0. The van der Waals surface area contributed by atoms with Gasteiger partial charge in [0.15, 0.2) is 0 Å². The highest BCUT2D eigenvalue weighted by molar-refractivity contribution is 6.51. The van der Waals surface area contributed by atoms with Gasteiger partial charge in [0.05, 0.1) is 26.2 Å². The molecule has 0 radical (unpaired) electrons. The lowest BCUT2D eigenvalue weighted by Crippen LogP contribution is -3.00. The fourth-order valence-corrected chi connectivity index (χ4v) is 4.60. The van der Waals surface area contributed by atoms with Gasteiger partial charge in [-0.25, -0.2) is 0 Å². The molecule has 5 heteroatoms. The van der Waals surface area contributed by atoms with E-state index in [0.717, 1.165) is 32.6 Å². The third kappa shape index (κ3) is 6.14. The Morgan fingerprint density at radius 3 is 1.92 bits per heavy atom. The van der Waals surface area contributed by atoms with Crippen molar-refractivity contribution >= 4 is 23.2 Å². The Morgan fingerprint density at radius 1 is 1.00 bits per heavy atom. The van der Waals surface area contributed by atoms with Crippen LogP contribution in [0.5, 0.6) is 0 Å². The van der Waals surface area contributed by atoms with Gasteiger partial charge in [-0.15, -0.1) is 23.2 Å². The Labute approximate surface area is 177 Å². The molecule has 0 aliphatic heterocycles. The van der Waals surface area contributed by atoms with Crippen molar-refractivity contribution in [3.63, 3.8) is 0 Å². The van der Waals surface area contributed by atoms with Gasteiger partial charge in [0, 0.05) is 17.9 Å². The normalized spacial score (nSPS) is 22.8. The molecule has 0 aromatic carbocycles. The molecular weight excluding hydrogens is 456 g/mol. The number of quaternary nitrogens is 1. The zero-order chi connectivity index (χ0) is 17.7. The standard InChI is InChI=1S/C19H38Cl2NO.HI/c1-7-22(8-2,9-3)13-15-23-14-12-16(4)10-11-17-18(5,6)19(17,20)21;/h16-17H,7-15H2,1-6H3;1H/q+1;/p-1. The van der Waals surface area contributed by atoms with Crippen molar-refractivity contribution < 1.29 is 33.2 Å². The lowest BCUT2D eigenvalue weighted by molar-refractivity contribution is -0.923. The third-order valence-electron chi connectivity index (χ3n) is 6.51. The summed E-state index contributed by atoms with van der Waals surface area (Å²) < 4.78 is 6.56. The Hall–Kier alpha value is 1.23. The molecule has 1 aliphatic rings. The Morgan fingerprint density at radius 2 is 1.50 bits per heavy atom. The van der Waals surface area contributed by atoms with Gasteiger partial charge in [-0.2, -0.15) is 0 Å². The SMILES string of the molecule is CC[N+](CC)(CC)CCOCCC(C)CCC1C(C)(C)C1(Cl)Cl.[I-]. The number of hydrogen-bond donors (Lipinski definition) is 0. The van der Waals surface area contributed by atoms with E-state index in [1.54, 1.807) is 0 Å². The van der Waals surface area contributed by atoms with E-state index in [0.29, 0.717) is 11.8 Å². The van der Waals surface area contributed by atoms with Gasteiger partial charge in [0.2, 0.25) is 0 Å². The third-order valence-corrected chi connectivity index (χ3v) is 8.01. The molecule has 146 valence electrons. The zero-order valence-electron chi connectivity index (χ0n) is 16.5. The Bertz CT molecular complexity index is 337. The molecule has 0 N–H and O–H groups in total. The van der Waals surface area contributed by atoms with Crippen LogP contribution in [0.4, 0.5) is 0 Å². The minimum Gasteiger partial charge on any atom is -1.00 e. The molecular formula is C19H38Cl2INO. The van der Waals surface area contributed by atoms with Crippen molar-refractivity contribution in [2.45, 2.75) is 65.1 Å². The summed E-state index contributed by atoms with van der Waals surface area (Å²) in [5, 5.41) is 0. The maximum atomic E-state index is 6.35. The molecule has 2 nitrogen and oxygen atoms in total. The summed E-state index contributed by atoms with van der Waals surface area (Å²) in [5.74, 6) is 1.12. The molecule has 2 unspecified atom stereocenters. The number of ether oxygens (including phenoxy) is 1. The number of rotatable bonds is 12. The van der Waals surface area contributed by atoms with Crippen molar-refractivity contribution in [2.24, 2.45) is 17.3 Å². The number of hydrogen-bond acceptors (Lipinski definition) is 1. The van der Waals surface area contributed by atoms with Crippen LogP contribution in [0.25, 0.3) is 0 Å². The fourth-order valence-electron chi connectivity index (χ4n) is 3.68. The highest BCUT2D eigenvalue weighted by Gasteiger charge is 2.69. The maximum Gasteiger partial charge on any atom is 0.127 e. The molecule has 0 bridgehead atoms. The molecule has 0 saturated heterocycles. The average Bonchev–Trinajstić information content (AvgIpc) is 2.90. The first-order valence-corrected chi connectivity index (χ1v) is 10.2. The van der Waals surface area contributed by atoms with Gasteiger partial charge >= 0.3 is 0 Å². The Kier molecular flexibility index (Phi) is 11.1. The van der Waals surface area contributed by atoms with Crippen LogP contribution in [-0.4, -0.2) is 48.2 Å². The monoisotopic (exact) mass is 493 g/mol. The summed E-state index contributed by atoms with van der Waals surface area (Å²) >= 11 is 12.7. The predicted molar refractivity (Wildman–Crippen MR) is 102 cm³/mol. The van der Waals surface area contributed by atoms with Gasteiger partial charge in [0.25, 0.3) is 0 Å². The predicted octanol–water partition coefficient (Wildman–Crippen LogP) is 2.52. The molecule has 2 atom stereocenters. The smallest absolute Gasteiger partial charge is 0.127 e. The number of nitrogens with zero attached hydrogens (tertiary/aromatic N) is 1. The molecule has 0 aromatic rings. The van der Waals surface area contributed by atoms with E-state index in [9.17, 15) is 0 Å². The summed E-state index contributed by atoms with van der Waals surface area (Å²) in [6, 6.07) is 0. The van der Waals surface area contributed by atoms with Crippen molar-refractivity contribution in [2.75, 3.05) is 39.4 Å². The first-order chi connectivity index (χ1) is 10.7. The number of likely N-dealkylation sites (N-methyl/N-ethyl adjacent to an activating group) is 1. The van der Waals surface area contributed by atoms with E-state index >= 15 is 0 Å². The van der Waals surface area contributed by atoms with Crippen molar-refractivity contribution in [3.8, 4) is 0 Å². The van der Waals surface area contributed by atoms with Gasteiger partial charge < -0.3 is 33.2 Å². The molecule has 1 fully saturated rings. The average molecular weight is 494 g/mol. The summed E-state index contributed by atoms with van der Waals surface area (Å²) in [4.78, 5) is 0. The van der Waals surface area contributed by atoms with Crippen LogP contribution in [0.1, 0.15) is 60.8 Å². The van der Waals surface area contributed by atoms with Crippen LogP contribution in [0.15, 0.2) is 0 Å². The summed E-state index contributed by atoms with van der Waals surface area (Å²) in [6.07, 6.45) is 3.45. The second-order valence-electron chi connectivity index (χ2n) is 7.99. The Balaban J connectivity index is 0.00000529. The van der Waals surface area contributed by atoms with E-state index < -0.39 is 4.33 Å². The van der Waals surface area contributed by atoms with E-state index in [4.69, 9.17) is 27.9 Å². The van der Waals surface area contributed by atoms with Gasteiger partial charge in [0.1, 0.15) is 10.9 Å². The molecule has 0 aromatic heterocycles. The molecule has 1 aliphatic carbocycles. The molecule has 0 spiro atoms.